The van der Waals surface area contributed by atoms with E-state index in [-0.39, 0.29) is 49.8 Å². The molecule has 1 aliphatic rings. The number of rotatable bonds is 27. The number of unbranched alkanes of at least 4 members (excludes halogenated alkanes) is 6. The Morgan fingerprint density at radius 1 is 0.710 bits per heavy atom. The summed E-state index contributed by atoms with van der Waals surface area (Å²) in [7, 11) is 0. The van der Waals surface area contributed by atoms with Gasteiger partial charge in [-0.2, -0.15) is 0 Å². The lowest BCUT2D eigenvalue weighted by molar-refractivity contribution is -0.145. The van der Waals surface area contributed by atoms with Gasteiger partial charge in [0.2, 0.25) is 41.4 Å². The average molecular weight is 874 g/mol. The van der Waals surface area contributed by atoms with Gasteiger partial charge in [0.1, 0.15) is 48.3 Å². The second kappa shape index (κ2) is 27.1. The summed E-state index contributed by atoms with van der Waals surface area (Å²) in [6, 6.07) is -2.60. The Bertz CT molecular complexity index is 1640. The van der Waals surface area contributed by atoms with Crippen molar-refractivity contribution in [2.45, 2.75) is 180 Å². The molecule has 1 heterocycles. The number of nitrogens with zero attached hydrogens (tertiary/aromatic N) is 1. The van der Waals surface area contributed by atoms with E-state index in [0.717, 1.165) is 32.1 Å². The normalized spacial score (nSPS) is 17.6. The van der Waals surface area contributed by atoms with E-state index in [2.05, 4.69) is 38.8 Å². The van der Waals surface area contributed by atoms with Gasteiger partial charge >= 0.3 is 0 Å². The van der Waals surface area contributed by atoms with Crippen molar-refractivity contribution in [3.63, 3.8) is 0 Å². The molecule has 0 saturated carbocycles. The Balaban J connectivity index is 2.11. The molecule has 2 unspecified atom stereocenters. The summed E-state index contributed by atoms with van der Waals surface area (Å²) in [5.74, 6) is -4.91. The fourth-order valence-corrected chi connectivity index (χ4v) is 7.09. The highest BCUT2D eigenvalue weighted by molar-refractivity contribution is 5.97. The van der Waals surface area contributed by atoms with Gasteiger partial charge in [-0.05, 0) is 77.0 Å². The fraction of sp³-hybridized carbons (Fsp3) is 0.682. The van der Waals surface area contributed by atoms with Crippen molar-refractivity contribution < 1.29 is 53.7 Å². The Morgan fingerprint density at radius 2 is 1.31 bits per heavy atom. The van der Waals surface area contributed by atoms with Gasteiger partial charge in [-0.1, -0.05) is 71.4 Å². The van der Waals surface area contributed by atoms with Crippen molar-refractivity contribution >= 4 is 47.6 Å². The molecule has 348 valence electrons. The molecular formula is C44H71N7O11. The molecule has 1 saturated heterocycles. The maximum atomic E-state index is 13.9. The lowest BCUT2D eigenvalue weighted by atomic mass is 10.0. The number of nitrogens with one attached hydrogen (secondary N) is 6. The predicted octanol–water partition coefficient (Wildman–Crippen LogP) is 1.02. The van der Waals surface area contributed by atoms with Crippen LogP contribution in [0.3, 0.4) is 0 Å². The molecule has 18 heteroatoms. The Morgan fingerprint density at radius 3 is 1.89 bits per heavy atom. The van der Waals surface area contributed by atoms with Crippen LogP contribution in [0.2, 0.25) is 0 Å². The van der Waals surface area contributed by atoms with Gasteiger partial charge < -0.3 is 56.9 Å². The Kier molecular flexibility index (Phi) is 23.2. The molecule has 7 amide bonds. The van der Waals surface area contributed by atoms with Crippen LogP contribution < -0.4 is 31.9 Å². The lowest BCUT2D eigenvalue weighted by Gasteiger charge is -2.32. The highest BCUT2D eigenvalue weighted by Gasteiger charge is 2.41. The third-order valence-corrected chi connectivity index (χ3v) is 10.6. The molecule has 1 fully saturated rings. The van der Waals surface area contributed by atoms with E-state index in [4.69, 9.17) is 0 Å². The number of aromatic hydroxyl groups is 1. The quantitative estimate of drug-likeness (QED) is 0.0445. The molecule has 2 rings (SSSR count). The van der Waals surface area contributed by atoms with Gasteiger partial charge in [-0.3, -0.25) is 33.6 Å². The van der Waals surface area contributed by atoms with Crippen molar-refractivity contribution in [3.8, 4) is 5.75 Å². The van der Waals surface area contributed by atoms with Gasteiger partial charge in [0, 0.05) is 19.4 Å². The molecule has 9 N–H and O–H groups in total. The fourth-order valence-electron chi connectivity index (χ4n) is 7.09. The maximum absolute atomic E-state index is 13.9. The number of phenolic OH excluding ortho intramolecular Hbond substituents is 1. The van der Waals surface area contributed by atoms with Crippen LogP contribution in [-0.4, -0.2) is 129 Å². The number of aldehydes is 1. The minimum absolute atomic E-state index is 0.00606. The van der Waals surface area contributed by atoms with Crippen LogP contribution >= 0.6 is 0 Å². The van der Waals surface area contributed by atoms with Gasteiger partial charge in [0.15, 0.2) is 0 Å². The van der Waals surface area contributed by atoms with Crippen molar-refractivity contribution in [2.24, 2.45) is 5.92 Å². The van der Waals surface area contributed by atoms with E-state index in [9.17, 15) is 53.7 Å². The molecule has 0 aromatic heterocycles. The molecule has 0 bridgehead atoms. The van der Waals surface area contributed by atoms with Crippen molar-refractivity contribution in [1.29, 1.82) is 0 Å². The van der Waals surface area contributed by atoms with Crippen LogP contribution in [-0.2, 0) is 44.8 Å². The topological polar surface area (TPSA) is 273 Å². The standard InChI is InChI=1S/C44H71N7O11/c1-8-9-10-11-12-13-14-17-36(56)47-33(23-26(2)3)41(59)50-38(30(7)54)44(62)51-22-15-16-35(51)42(60)49-37(29(6)53)43(61)46-28(5)39(57)48-34(40(58)45-27(4)25-52)24-31-18-20-32(55)21-19-31/h18-21,25-30,33-35,37-38,53-55H,8-17,22-24H2,1-7H3,(H,45,58)(H,46,61)(H,47,56)(H,48,57)(H,49,60)(H,50,59)/t27?,28-,29+,30?,33-,34-,35+,37-,38-/m0/s1. The van der Waals surface area contributed by atoms with E-state index >= 15 is 0 Å². The minimum Gasteiger partial charge on any atom is -0.508 e. The molecule has 1 aromatic carbocycles. The summed E-state index contributed by atoms with van der Waals surface area (Å²) in [4.78, 5) is 106. The van der Waals surface area contributed by atoms with E-state index in [0.29, 0.717) is 24.7 Å². The number of hydrogen-bond donors (Lipinski definition) is 9. The summed E-state index contributed by atoms with van der Waals surface area (Å²) in [6.07, 6.45) is 5.92. The maximum Gasteiger partial charge on any atom is 0.248 e. The molecular weight excluding hydrogens is 803 g/mol. The zero-order valence-electron chi connectivity index (χ0n) is 37.4. The Labute approximate surface area is 365 Å². The van der Waals surface area contributed by atoms with Crippen molar-refractivity contribution in [3.05, 3.63) is 29.8 Å². The number of carbonyl (C=O) groups excluding carboxylic acids is 8. The number of likely N-dealkylation sites (tertiary alicyclic amines) is 1. The smallest absolute Gasteiger partial charge is 0.248 e. The zero-order chi connectivity index (χ0) is 46.5. The molecule has 62 heavy (non-hydrogen) atoms. The summed E-state index contributed by atoms with van der Waals surface area (Å²) >= 11 is 0. The number of aliphatic hydroxyl groups excluding tert-OH is 2. The summed E-state index contributed by atoms with van der Waals surface area (Å²) in [5, 5.41) is 46.3. The lowest BCUT2D eigenvalue weighted by Crippen LogP contribution is -2.62. The molecule has 9 atom stereocenters. The third-order valence-electron chi connectivity index (χ3n) is 10.6. The molecule has 18 nitrogen and oxygen atoms in total. The van der Waals surface area contributed by atoms with Gasteiger partial charge in [-0.15, -0.1) is 0 Å². The summed E-state index contributed by atoms with van der Waals surface area (Å²) in [5.41, 5.74) is 0.574. The van der Waals surface area contributed by atoms with Crippen LogP contribution in [0.1, 0.15) is 125 Å². The zero-order valence-corrected chi connectivity index (χ0v) is 37.4. The summed E-state index contributed by atoms with van der Waals surface area (Å²) in [6.45, 7) is 11.4. The summed E-state index contributed by atoms with van der Waals surface area (Å²) < 4.78 is 0. The third kappa shape index (κ3) is 18.1. The first kappa shape index (κ1) is 53.0. The number of amides is 7. The van der Waals surface area contributed by atoms with Crippen LogP contribution in [0.25, 0.3) is 0 Å². The second-order valence-electron chi connectivity index (χ2n) is 16.9. The van der Waals surface area contributed by atoms with E-state index in [1.54, 1.807) is 12.1 Å². The largest absolute Gasteiger partial charge is 0.508 e. The highest BCUT2D eigenvalue weighted by Crippen LogP contribution is 2.21. The van der Waals surface area contributed by atoms with E-state index in [1.807, 2.05) is 13.8 Å². The second-order valence-corrected chi connectivity index (χ2v) is 16.9. The van der Waals surface area contributed by atoms with Crippen LogP contribution in [0.15, 0.2) is 24.3 Å². The van der Waals surface area contributed by atoms with Gasteiger partial charge in [-0.25, -0.2) is 0 Å². The number of phenols is 1. The van der Waals surface area contributed by atoms with Crippen LogP contribution in [0, 0.1) is 5.92 Å². The monoisotopic (exact) mass is 874 g/mol. The van der Waals surface area contributed by atoms with Crippen molar-refractivity contribution in [2.75, 3.05) is 6.54 Å². The van der Waals surface area contributed by atoms with E-state index in [1.165, 1.54) is 51.1 Å². The molecule has 0 aliphatic carbocycles. The predicted molar refractivity (Wildman–Crippen MR) is 231 cm³/mol. The first-order valence-electron chi connectivity index (χ1n) is 22.0. The van der Waals surface area contributed by atoms with Crippen LogP contribution in [0.4, 0.5) is 0 Å². The number of carbonyl (C=O) groups is 8. The first-order valence-corrected chi connectivity index (χ1v) is 22.0. The molecule has 1 aliphatic heterocycles. The SMILES string of the molecule is CCCCCCCCCC(=O)N[C@@H](CC(C)C)C(=O)N[C@H](C(=O)N1CCC[C@@H]1C(=O)N[C@H](C(=O)N[C@@H](C)C(=O)N[C@@H](Cc1ccc(O)cc1)C(=O)NC(C)C=O)[C@@H](C)O)C(C)O. The van der Waals surface area contributed by atoms with Gasteiger partial charge in [0.05, 0.1) is 18.2 Å². The molecule has 0 spiro atoms. The van der Waals surface area contributed by atoms with E-state index < -0.39 is 89.9 Å². The Hall–Kier alpha value is -5.10. The van der Waals surface area contributed by atoms with Gasteiger partial charge in [0.25, 0.3) is 0 Å². The molecule has 0 radical (unpaired) electrons. The number of benzene rings is 1. The minimum atomic E-state index is -1.59. The highest BCUT2D eigenvalue weighted by atomic mass is 16.3. The number of hydrogen-bond acceptors (Lipinski definition) is 11. The number of aliphatic hydroxyl groups is 2. The van der Waals surface area contributed by atoms with Crippen molar-refractivity contribution in [1.82, 2.24) is 36.8 Å². The molecule has 1 aromatic rings. The van der Waals surface area contributed by atoms with Crippen LogP contribution in [0.5, 0.6) is 5.75 Å². The first-order chi connectivity index (χ1) is 29.3. The average Bonchev–Trinajstić information content (AvgIpc) is 3.71.